The van der Waals surface area contributed by atoms with E-state index in [1.165, 1.54) is 6.92 Å². The van der Waals surface area contributed by atoms with Crippen molar-refractivity contribution in [2.24, 2.45) is 5.92 Å². The van der Waals surface area contributed by atoms with Crippen molar-refractivity contribution in [2.45, 2.75) is 59.1 Å². The molecule has 5 nitrogen and oxygen atoms in total. The Morgan fingerprint density at radius 2 is 1.95 bits per heavy atom. The molecule has 1 aliphatic rings. The summed E-state index contributed by atoms with van der Waals surface area (Å²) in [4.78, 5) is 37.2. The van der Waals surface area contributed by atoms with Crippen LogP contribution in [0.1, 0.15) is 47.5 Å². The second kappa shape index (κ2) is 7.29. The minimum Gasteiger partial charge on any atom is -0.458 e. The van der Waals surface area contributed by atoms with Crippen LogP contribution in [0.2, 0.25) is 0 Å². The van der Waals surface area contributed by atoms with E-state index >= 15 is 0 Å². The smallest absolute Gasteiger partial charge is 0.329 e. The Labute approximate surface area is 130 Å². The quantitative estimate of drug-likeness (QED) is 0.744. The van der Waals surface area contributed by atoms with Crippen molar-refractivity contribution >= 4 is 28.8 Å². The van der Waals surface area contributed by atoms with Gasteiger partial charge >= 0.3 is 5.97 Å². The lowest BCUT2D eigenvalue weighted by Gasteiger charge is -2.29. The zero-order valence-corrected chi connectivity index (χ0v) is 14.3. The van der Waals surface area contributed by atoms with E-state index in [9.17, 15) is 14.4 Å². The first-order valence-corrected chi connectivity index (χ1v) is 8.27. The van der Waals surface area contributed by atoms with E-state index in [1.807, 2.05) is 20.8 Å². The number of hydrogen-bond donors (Lipinski definition) is 0. The number of nitrogens with zero attached hydrogens (tertiary/aromatic N) is 1. The molecule has 0 aromatic heterocycles. The van der Waals surface area contributed by atoms with Crippen molar-refractivity contribution in [2.75, 3.05) is 12.3 Å². The molecule has 0 N–H and O–H groups in total. The predicted octanol–water partition coefficient (Wildman–Crippen LogP) is 2.23. The Morgan fingerprint density at radius 3 is 2.48 bits per heavy atom. The molecule has 0 spiro atoms. The Kier molecular flexibility index (Phi) is 6.25. The van der Waals surface area contributed by atoms with Gasteiger partial charge < -0.3 is 9.64 Å². The van der Waals surface area contributed by atoms with Crippen LogP contribution in [0.3, 0.4) is 0 Å². The predicted molar refractivity (Wildman–Crippen MR) is 82.9 cm³/mol. The highest BCUT2D eigenvalue weighted by molar-refractivity contribution is 8.13. The van der Waals surface area contributed by atoms with Crippen LogP contribution in [0, 0.1) is 5.92 Å². The fourth-order valence-electron chi connectivity index (χ4n) is 2.24. The fraction of sp³-hybridized carbons (Fsp3) is 0.800. The number of carbonyl (C=O) groups excluding carboxylic acids is 3. The number of amides is 1. The lowest BCUT2D eigenvalue weighted by Crippen LogP contribution is -2.45. The summed E-state index contributed by atoms with van der Waals surface area (Å²) in [5.41, 5.74) is -0.551. The number of rotatable bonds is 4. The summed E-state index contributed by atoms with van der Waals surface area (Å²) < 4.78 is 5.39. The van der Waals surface area contributed by atoms with Gasteiger partial charge in [0.05, 0.1) is 0 Å². The topological polar surface area (TPSA) is 63.7 Å². The highest BCUT2D eigenvalue weighted by Crippen LogP contribution is 2.24. The van der Waals surface area contributed by atoms with E-state index < -0.39 is 11.6 Å². The van der Waals surface area contributed by atoms with Crippen molar-refractivity contribution in [3.8, 4) is 0 Å². The van der Waals surface area contributed by atoms with Gasteiger partial charge in [-0.05, 0) is 33.6 Å². The van der Waals surface area contributed by atoms with Crippen molar-refractivity contribution < 1.29 is 19.1 Å². The Morgan fingerprint density at radius 1 is 1.33 bits per heavy atom. The van der Waals surface area contributed by atoms with Gasteiger partial charge in [-0.1, -0.05) is 18.7 Å². The number of thioether (sulfide) groups is 1. The summed E-state index contributed by atoms with van der Waals surface area (Å²) in [7, 11) is 0. The Hall–Kier alpha value is -1.04. The second-order valence-corrected chi connectivity index (χ2v) is 7.62. The summed E-state index contributed by atoms with van der Waals surface area (Å²) in [6, 6.07) is -0.485. The zero-order valence-electron chi connectivity index (χ0n) is 13.5. The summed E-state index contributed by atoms with van der Waals surface area (Å²) in [6.07, 6.45) is 1.45. The molecule has 0 bridgehead atoms. The fourth-order valence-corrected chi connectivity index (χ4v) is 2.87. The van der Waals surface area contributed by atoms with Gasteiger partial charge in [0, 0.05) is 25.1 Å². The third kappa shape index (κ3) is 5.69. The molecule has 0 saturated carbocycles. The monoisotopic (exact) mass is 315 g/mol. The summed E-state index contributed by atoms with van der Waals surface area (Å²) >= 11 is 1.14. The van der Waals surface area contributed by atoms with Gasteiger partial charge in [0.1, 0.15) is 11.6 Å². The minimum absolute atomic E-state index is 0.000218. The van der Waals surface area contributed by atoms with Gasteiger partial charge in [-0.25, -0.2) is 4.79 Å². The molecule has 1 heterocycles. The van der Waals surface area contributed by atoms with Crippen LogP contribution in [-0.2, 0) is 19.1 Å². The molecule has 0 aromatic carbocycles. The number of carbonyl (C=O) groups is 3. The maximum atomic E-state index is 12.4. The molecule has 1 rings (SSSR count). The largest absolute Gasteiger partial charge is 0.458 e. The first-order chi connectivity index (χ1) is 9.61. The molecule has 21 heavy (non-hydrogen) atoms. The molecule has 0 unspecified atom stereocenters. The van der Waals surface area contributed by atoms with E-state index in [0.29, 0.717) is 18.7 Å². The maximum absolute atomic E-state index is 12.4. The third-order valence-electron chi connectivity index (χ3n) is 3.17. The van der Waals surface area contributed by atoms with E-state index in [-0.39, 0.29) is 22.9 Å². The van der Waals surface area contributed by atoms with Crippen LogP contribution in [0.25, 0.3) is 0 Å². The number of likely N-dealkylation sites (tertiary alicyclic amines) is 1. The summed E-state index contributed by atoms with van der Waals surface area (Å²) in [5.74, 6) is -0.232. The van der Waals surface area contributed by atoms with Gasteiger partial charge in [0.15, 0.2) is 5.12 Å². The molecule has 1 fully saturated rings. The van der Waals surface area contributed by atoms with Crippen LogP contribution in [0.15, 0.2) is 0 Å². The van der Waals surface area contributed by atoms with Crippen LogP contribution in [-0.4, -0.2) is 45.8 Å². The van der Waals surface area contributed by atoms with Crippen molar-refractivity contribution in [3.63, 3.8) is 0 Å². The van der Waals surface area contributed by atoms with Gasteiger partial charge in [0.2, 0.25) is 5.91 Å². The van der Waals surface area contributed by atoms with Gasteiger partial charge in [-0.15, -0.1) is 0 Å². The van der Waals surface area contributed by atoms with Crippen molar-refractivity contribution in [1.82, 2.24) is 4.90 Å². The number of esters is 1. The van der Waals surface area contributed by atoms with Crippen LogP contribution < -0.4 is 0 Å². The molecule has 0 aliphatic carbocycles. The van der Waals surface area contributed by atoms with E-state index in [4.69, 9.17) is 4.74 Å². The molecule has 1 aliphatic heterocycles. The molecule has 0 aromatic rings. The van der Waals surface area contributed by atoms with E-state index in [1.54, 1.807) is 11.8 Å². The van der Waals surface area contributed by atoms with Crippen LogP contribution in [0.4, 0.5) is 0 Å². The highest BCUT2D eigenvalue weighted by atomic mass is 32.2. The van der Waals surface area contributed by atoms with E-state index in [2.05, 4.69) is 0 Å². The Bertz CT molecular complexity index is 416. The number of ether oxygens (including phenoxy) is 1. The second-order valence-electron chi connectivity index (χ2n) is 6.43. The van der Waals surface area contributed by atoms with Crippen molar-refractivity contribution in [3.05, 3.63) is 0 Å². The molecule has 1 saturated heterocycles. The molecular weight excluding hydrogens is 290 g/mol. The standard InChI is InChI=1S/C15H25NO4S/c1-10(9-21-11(2)17)13(18)16-8-6-7-12(16)14(19)20-15(3,4)5/h10,12H,6-9H2,1-5H3/t10-,12+/m0/s1. The van der Waals surface area contributed by atoms with Crippen LogP contribution >= 0.6 is 11.8 Å². The van der Waals surface area contributed by atoms with Gasteiger partial charge in [-0.3, -0.25) is 9.59 Å². The summed E-state index contributed by atoms with van der Waals surface area (Å²) in [6.45, 7) is 9.32. The first kappa shape index (κ1) is 18.0. The van der Waals surface area contributed by atoms with Crippen LogP contribution in [0.5, 0.6) is 0 Å². The molecule has 1 amide bonds. The average molecular weight is 315 g/mol. The normalized spacial score (nSPS) is 20.2. The maximum Gasteiger partial charge on any atom is 0.329 e. The highest BCUT2D eigenvalue weighted by Gasteiger charge is 2.38. The Balaban J connectivity index is 2.65. The minimum atomic E-state index is -0.551. The molecule has 2 atom stereocenters. The van der Waals surface area contributed by atoms with Gasteiger partial charge in [0.25, 0.3) is 0 Å². The molecular formula is C15H25NO4S. The summed E-state index contributed by atoms with van der Waals surface area (Å²) in [5, 5.41) is -0.000218. The zero-order chi connectivity index (χ0) is 16.2. The van der Waals surface area contributed by atoms with Gasteiger partial charge in [-0.2, -0.15) is 0 Å². The molecule has 120 valence electrons. The SMILES string of the molecule is CC(=O)SC[C@H](C)C(=O)N1CCC[C@@H]1C(=O)OC(C)(C)C. The average Bonchev–Trinajstić information content (AvgIpc) is 2.81. The first-order valence-electron chi connectivity index (χ1n) is 7.28. The molecule has 6 heteroatoms. The van der Waals surface area contributed by atoms with E-state index in [0.717, 1.165) is 18.2 Å². The lowest BCUT2D eigenvalue weighted by atomic mass is 10.1. The van der Waals surface area contributed by atoms with Crippen molar-refractivity contribution in [1.29, 1.82) is 0 Å². The lowest BCUT2D eigenvalue weighted by molar-refractivity contribution is -0.163. The third-order valence-corrected chi connectivity index (χ3v) is 4.25. The molecule has 0 radical (unpaired) electrons. The number of hydrogen-bond acceptors (Lipinski definition) is 5.